The molecular formula is C22H19F2N3OS. The summed E-state index contributed by atoms with van der Waals surface area (Å²) in [5.41, 5.74) is 1.25. The van der Waals surface area contributed by atoms with Crippen LogP contribution in [-0.4, -0.2) is 34.1 Å². The highest BCUT2D eigenvalue weighted by atomic mass is 32.1. The summed E-state index contributed by atoms with van der Waals surface area (Å²) in [5.74, 6) is -1.07. The lowest BCUT2D eigenvalue weighted by molar-refractivity contribution is -0.126. The number of rotatable bonds is 4. The predicted octanol–water partition coefficient (Wildman–Crippen LogP) is 4.90. The van der Waals surface area contributed by atoms with Crippen molar-refractivity contribution in [2.75, 3.05) is 13.1 Å². The normalized spacial score (nSPS) is 15.2. The minimum atomic E-state index is -0.640. The Kier molecular flexibility index (Phi) is 5.76. The van der Waals surface area contributed by atoms with E-state index < -0.39 is 11.6 Å². The van der Waals surface area contributed by atoms with Crippen LogP contribution in [0.15, 0.2) is 54.6 Å². The first-order chi connectivity index (χ1) is 14.1. The summed E-state index contributed by atoms with van der Waals surface area (Å²) in [7, 11) is 0. The number of nitrogens with zero attached hydrogens (tertiary/aromatic N) is 3. The molecule has 2 aromatic carbocycles. The summed E-state index contributed by atoms with van der Waals surface area (Å²) in [6.45, 7) is 1.28. The van der Waals surface area contributed by atoms with Gasteiger partial charge in [-0.3, -0.25) is 4.79 Å². The molecule has 0 bridgehead atoms. The van der Waals surface area contributed by atoms with Crippen molar-refractivity contribution >= 4 is 23.3 Å². The molecule has 4 rings (SSSR count). The zero-order valence-corrected chi connectivity index (χ0v) is 16.4. The number of hydrogen-bond acceptors (Lipinski definition) is 4. The first-order valence-electron chi connectivity index (χ1n) is 9.41. The number of halogens is 2. The molecule has 7 heteroatoms. The van der Waals surface area contributed by atoms with Gasteiger partial charge in [0.25, 0.3) is 0 Å². The highest BCUT2D eigenvalue weighted by Gasteiger charge is 2.26. The Balaban J connectivity index is 1.37. The standard InChI is InChI=1S/C22H19F2N3OS/c23-17-7-8-18(19(24)14-17)22-26-25-21(29-22)16-10-12-27(13-11-16)20(28)9-6-15-4-2-1-3-5-15/h1-9,14,16H,10-13H2/b9-6-. The van der Waals surface area contributed by atoms with Crippen molar-refractivity contribution in [3.63, 3.8) is 0 Å². The summed E-state index contributed by atoms with van der Waals surface area (Å²) in [6.07, 6.45) is 5.00. The average molecular weight is 411 g/mol. The van der Waals surface area contributed by atoms with Crippen LogP contribution in [0, 0.1) is 11.6 Å². The Morgan fingerprint density at radius 1 is 1.07 bits per heavy atom. The predicted molar refractivity (Wildman–Crippen MR) is 109 cm³/mol. The van der Waals surface area contributed by atoms with Gasteiger partial charge >= 0.3 is 0 Å². The summed E-state index contributed by atoms with van der Waals surface area (Å²) in [6, 6.07) is 13.2. The molecule has 1 aromatic heterocycles. The molecule has 0 unspecified atom stereocenters. The first-order valence-corrected chi connectivity index (χ1v) is 10.2. The fourth-order valence-corrected chi connectivity index (χ4v) is 4.39. The molecule has 1 aliphatic rings. The summed E-state index contributed by atoms with van der Waals surface area (Å²) < 4.78 is 27.1. The number of hydrogen-bond donors (Lipinski definition) is 0. The lowest BCUT2D eigenvalue weighted by Gasteiger charge is -2.30. The van der Waals surface area contributed by atoms with Gasteiger partial charge in [-0.25, -0.2) is 8.78 Å². The molecule has 1 fully saturated rings. The van der Waals surface area contributed by atoms with Crippen molar-refractivity contribution in [1.82, 2.24) is 15.1 Å². The Morgan fingerprint density at radius 2 is 1.83 bits per heavy atom. The van der Waals surface area contributed by atoms with Crippen LogP contribution in [0.25, 0.3) is 16.6 Å². The molecule has 0 N–H and O–H groups in total. The number of aromatic nitrogens is 2. The summed E-state index contributed by atoms with van der Waals surface area (Å²) >= 11 is 1.33. The van der Waals surface area contributed by atoms with Gasteiger partial charge in [0.2, 0.25) is 5.91 Å². The summed E-state index contributed by atoms with van der Waals surface area (Å²) in [4.78, 5) is 14.2. The maximum atomic E-state index is 14.0. The molecule has 2 heterocycles. The van der Waals surface area contributed by atoms with Gasteiger partial charge in [-0.2, -0.15) is 0 Å². The van der Waals surface area contributed by atoms with Gasteiger partial charge < -0.3 is 4.90 Å². The molecule has 1 saturated heterocycles. The maximum Gasteiger partial charge on any atom is 0.246 e. The van der Waals surface area contributed by atoms with E-state index in [1.807, 2.05) is 41.3 Å². The van der Waals surface area contributed by atoms with E-state index in [1.165, 1.54) is 23.5 Å². The van der Waals surface area contributed by atoms with E-state index in [4.69, 9.17) is 0 Å². The van der Waals surface area contributed by atoms with Crippen LogP contribution in [0.4, 0.5) is 8.78 Å². The fourth-order valence-electron chi connectivity index (χ4n) is 3.36. The van der Waals surface area contributed by atoms with Gasteiger partial charge in [-0.1, -0.05) is 41.7 Å². The van der Waals surface area contributed by atoms with Crippen LogP contribution >= 0.6 is 11.3 Å². The zero-order valence-electron chi connectivity index (χ0n) is 15.6. The largest absolute Gasteiger partial charge is 0.339 e. The highest BCUT2D eigenvalue weighted by molar-refractivity contribution is 7.14. The van der Waals surface area contributed by atoms with Crippen LogP contribution < -0.4 is 0 Å². The average Bonchev–Trinajstić information content (AvgIpc) is 3.23. The van der Waals surface area contributed by atoms with E-state index in [0.29, 0.717) is 18.1 Å². The van der Waals surface area contributed by atoms with Crippen LogP contribution in [-0.2, 0) is 4.79 Å². The molecule has 0 spiro atoms. The summed E-state index contributed by atoms with van der Waals surface area (Å²) in [5, 5.41) is 9.58. The van der Waals surface area contributed by atoms with Gasteiger partial charge in [0.05, 0.1) is 0 Å². The van der Waals surface area contributed by atoms with Crippen molar-refractivity contribution in [3.8, 4) is 10.6 Å². The Labute approximate surface area is 171 Å². The Bertz CT molecular complexity index is 1030. The third-order valence-electron chi connectivity index (χ3n) is 4.98. The van der Waals surface area contributed by atoms with Gasteiger partial charge in [0.1, 0.15) is 16.6 Å². The second-order valence-electron chi connectivity index (χ2n) is 6.91. The minimum absolute atomic E-state index is 0.00126. The third kappa shape index (κ3) is 4.56. The number of likely N-dealkylation sites (tertiary alicyclic amines) is 1. The highest BCUT2D eigenvalue weighted by Crippen LogP contribution is 2.34. The smallest absolute Gasteiger partial charge is 0.246 e. The van der Waals surface area contributed by atoms with Gasteiger partial charge in [0, 0.05) is 36.7 Å². The molecule has 1 amide bonds. The van der Waals surface area contributed by atoms with Gasteiger partial charge in [0.15, 0.2) is 5.01 Å². The second kappa shape index (κ2) is 8.61. The van der Waals surface area contributed by atoms with Crippen molar-refractivity contribution in [1.29, 1.82) is 0 Å². The van der Waals surface area contributed by atoms with E-state index in [2.05, 4.69) is 10.2 Å². The van der Waals surface area contributed by atoms with E-state index in [-0.39, 0.29) is 17.4 Å². The first kappa shape index (κ1) is 19.4. The van der Waals surface area contributed by atoms with Crippen LogP contribution in [0.1, 0.15) is 29.3 Å². The molecule has 1 aliphatic heterocycles. The zero-order chi connectivity index (χ0) is 20.2. The number of carbonyl (C=O) groups excluding carboxylic acids is 1. The Hall–Kier alpha value is -2.93. The van der Waals surface area contributed by atoms with E-state index >= 15 is 0 Å². The molecular weight excluding hydrogens is 392 g/mol. The molecule has 4 nitrogen and oxygen atoms in total. The topological polar surface area (TPSA) is 46.1 Å². The lowest BCUT2D eigenvalue weighted by Crippen LogP contribution is -2.36. The molecule has 148 valence electrons. The van der Waals surface area contributed by atoms with E-state index in [9.17, 15) is 13.6 Å². The quantitative estimate of drug-likeness (QED) is 0.574. The molecule has 3 aromatic rings. The SMILES string of the molecule is O=C(/C=C\c1ccccc1)N1CCC(c2nnc(-c3ccc(F)cc3F)s2)CC1. The Morgan fingerprint density at radius 3 is 2.55 bits per heavy atom. The van der Waals surface area contributed by atoms with Gasteiger partial charge in [-0.15, -0.1) is 10.2 Å². The van der Waals surface area contributed by atoms with E-state index in [0.717, 1.165) is 29.5 Å². The molecule has 29 heavy (non-hydrogen) atoms. The molecule has 0 saturated carbocycles. The van der Waals surface area contributed by atoms with Gasteiger partial charge in [-0.05, 0) is 36.6 Å². The van der Waals surface area contributed by atoms with Crippen LogP contribution in [0.2, 0.25) is 0 Å². The molecule has 0 aliphatic carbocycles. The van der Waals surface area contributed by atoms with Crippen molar-refractivity contribution in [2.45, 2.75) is 18.8 Å². The van der Waals surface area contributed by atoms with Crippen molar-refractivity contribution in [3.05, 3.63) is 76.8 Å². The number of benzene rings is 2. The van der Waals surface area contributed by atoms with E-state index in [1.54, 1.807) is 6.08 Å². The maximum absolute atomic E-state index is 14.0. The van der Waals surface area contributed by atoms with Crippen LogP contribution in [0.3, 0.4) is 0 Å². The minimum Gasteiger partial charge on any atom is -0.339 e. The van der Waals surface area contributed by atoms with Crippen molar-refractivity contribution < 1.29 is 13.6 Å². The number of amides is 1. The van der Waals surface area contributed by atoms with Crippen molar-refractivity contribution in [2.24, 2.45) is 0 Å². The number of carbonyl (C=O) groups is 1. The monoisotopic (exact) mass is 411 g/mol. The molecule has 0 radical (unpaired) electrons. The lowest BCUT2D eigenvalue weighted by atomic mass is 9.97. The third-order valence-corrected chi connectivity index (χ3v) is 6.10. The van der Waals surface area contributed by atoms with Crippen LogP contribution in [0.5, 0.6) is 0 Å². The molecule has 0 atom stereocenters. The second-order valence-corrected chi connectivity index (χ2v) is 7.92. The number of piperidine rings is 1. The fraction of sp³-hybridized carbons (Fsp3) is 0.227.